The average Bonchev–Trinajstić information content (AvgIpc) is 3.74. The van der Waals surface area contributed by atoms with Crippen LogP contribution in [0.25, 0.3) is 44.4 Å². The Morgan fingerprint density at radius 1 is 0.667 bits per heavy atom. The molecule has 9 rings (SSSR count). The van der Waals surface area contributed by atoms with E-state index < -0.39 is 24.3 Å². The lowest BCUT2D eigenvalue weighted by atomic mass is 9.85. The van der Waals surface area contributed by atoms with Crippen molar-refractivity contribution in [3.05, 3.63) is 84.7 Å². The van der Waals surface area contributed by atoms with Gasteiger partial charge in [0, 0.05) is 17.6 Å². The van der Waals surface area contributed by atoms with Crippen molar-refractivity contribution in [3.63, 3.8) is 0 Å². The number of imidazole rings is 2. The fraction of sp³-hybridized carbons (Fsp3) is 0.490. The maximum Gasteiger partial charge on any atom is 0.407 e. The van der Waals surface area contributed by atoms with Gasteiger partial charge in [-0.2, -0.15) is 0 Å². The van der Waals surface area contributed by atoms with E-state index in [9.17, 15) is 19.2 Å². The standard InChI is InChI=1S/C51H62N8O7/c1-26(2)44(56-50(62)64-7)48(60)59-41-22-37(41)23-43(59)47-52-24-39(54-47)32-11-9-31(10-12-32)33-13-14-35-21-36(16-15-34(35)20-33)40-25-53-46(55-40)42-17-27(3)30(6)58(42)49(61)45(57-51(63)65-8)38-18-28(4)66-29(5)19-38/h9-16,20-21,24-30,37-38,41-45H,17-19,22-23H2,1-8H3,(H,52,54)(H,53,55)(H,56,62)(H,57,63)/t27-,28-,29+,30-,37-,38+,41-,42+,43+,44+,45?/m1/s1. The topological polar surface area (TPSA) is 184 Å². The molecule has 5 heterocycles. The molecule has 11 atom stereocenters. The fourth-order valence-electron chi connectivity index (χ4n) is 10.9. The minimum atomic E-state index is -0.745. The number of likely N-dealkylation sites (tertiary alicyclic amines) is 2. The normalized spacial score (nSPS) is 26.8. The SMILES string of the molecule is COC(=O)NC(C(=O)N1[C@H](C)[C@H](C)C[C@H]1c1ncc(-c2ccc3cc(-c4ccc(-c5cnc([C@@H]6C[C@H]7C[C@H]7N6C(=O)[C@@H](NC(=O)OC)C(C)C)[nH]5)cc4)ccc3c2)[nH]1)[C@H]1C[C@@H](C)O[C@@H](C)C1. The number of benzene rings is 3. The molecule has 3 aliphatic heterocycles. The van der Waals surface area contributed by atoms with E-state index in [1.807, 2.05) is 49.9 Å². The van der Waals surface area contributed by atoms with Crippen LogP contribution in [0.3, 0.4) is 0 Å². The Morgan fingerprint density at radius 3 is 1.83 bits per heavy atom. The van der Waals surface area contributed by atoms with Crippen LogP contribution in [0.4, 0.5) is 9.59 Å². The zero-order valence-electron chi connectivity index (χ0n) is 39.0. The molecule has 0 spiro atoms. The number of aromatic nitrogens is 4. The first-order valence-corrected chi connectivity index (χ1v) is 23.4. The molecule has 4 N–H and O–H groups in total. The van der Waals surface area contributed by atoms with Crippen molar-refractivity contribution in [2.75, 3.05) is 14.2 Å². The van der Waals surface area contributed by atoms with Crippen molar-refractivity contribution in [3.8, 4) is 33.6 Å². The van der Waals surface area contributed by atoms with Gasteiger partial charge in [0.1, 0.15) is 23.7 Å². The Labute approximate surface area is 385 Å². The second kappa shape index (κ2) is 18.2. The Kier molecular flexibility index (Phi) is 12.4. The summed E-state index contributed by atoms with van der Waals surface area (Å²) in [5.41, 5.74) is 5.89. The highest BCUT2D eigenvalue weighted by Crippen LogP contribution is 2.53. The number of H-pyrrole nitrogens is 2. The molecule has 3 saturated heterocycles. The molecule has 0 radical (unpaired) electrons. The lowest BCUT2D eigenvalue weighted by Gasteiger charge is -2.39. The van der Waals surface area contributed by atoms with Gasteiger partial charge in [0.2, 0.25) is 11.8 Å². The number of aromatic amines is 2. The molecule has 3 aromatic carbocycles. The molecule has 15 heteroatoms. The van der Waals surface area contributed by atoms with E-state index in [-0.39, 0.29) is 65.9 Å². The number of carbonyl (C=O) groups excluding carboxylic acids is 4. The van der Waals surface area contributed by atoms with Gasteiger partial charge in [0.25, 0.3) is 0 Å². The van der Waals surface area contributed by atoms with Crippen LogP contribution in [0.2, 0.25) is 0 Å². The van der Waals surface area contributed by atoms with E-state index in [0.29, 0.717) is 18.8 Å². The number of amides is 4. The lowest BCUT2D eigenvalue weighted by Crippen LogP contribution is -2.55. The van der Waals surface area contributed by atoms with Crippen LogP contribution in [0.1, 0.15) is 97.4 Å². The third-order valence-corrected chi connectivity index (χ3v) is 14.6. The van der Waals surface area contributed by atoms with Crippen LogP contribution in [0.15, 0.2) is 73.1 Å². The number of alkyl carbamates (subject to hydrolysis) is 2. The number of rotatable bonds is 11. The van der Waals surface area contributed by atoms with Crippen LogP contribution in [0, 0.1) is 23.7 Å². The maximum atomic E-state index is 14.6. The molecule has 15 nitrogen and oxygen atoms in total. The highest BCUT2D eigenvalue weighted by Gasteiger charge is 2.56. The van der Waals surface area contributed by atoms with E-state index in [0.717, 1.165) is 75.3 Å². The van der Waals surface area contributed by atoms with Gasteiger partial charge in [-0.25, -0.2) is 19.6 Å². The number of hydrogen-bond acceptors (Lipinski definition) is 9. The number of nitrogens with one attached hydrogen (secondary N) is 4. The number of carbonyl (C=O) groups is 4. The van der Waals surface area contributed by atoms with Crippen molar-refractivity contribution < 1.29 is 33.4 Å². The molecular weight excluding hydrogens is 837 g/mol. The first-order chi connectivity index (χ1) is 31.7. The van der Waals surface area contributed by atoms with E-state index >= 15 is 0 Å². The number of hydrogen-bond donors (Lipinski definition) is 4. The van der Waals surface area contributed by atoms with Crippen molar-refractivity contribution >= 4 is 34.8 Å². The summed E-state index contributed by atoms with van der Waals surface area (Å²) in [6.07, 6.45) is 6.27. The average molecular weight is 899 g/mol. The predicted molar refractivity (Wildman–Crippen MR) is 250 cm³/mol. The van der Waals surface area contributed by atoms with Crippen LogP contribution in [-0.4, -0.2) is 104 Å². The number of ether oxygens (including phenoxy) is 3. The molecule has 4 amide bonds. The molecule has 348 valence electrons. The quantitative estimate of drug-likeness (QED) is 0.101. The van der Waals surface area contributed by atoms with Gasteiger partial charge in [-0.15, -0.1) is 0 Å². The molecule has 66 heavy (non-hydrogen) atoms. The van der Waals surface area contributed by atoms with Crippen LogP contribution >= 0.6 is 0 Å². The molecule has 1 saturated carbocycles. The zero-order valence-corrected chi connectivity index (χ0v) is 39.0. The summed E-state index contributed by atoms with van der Waals surface area (Å²) in [5, 5.41) is 7.83. The third kappa shape index (κ3) is 8.77. The molecule has 0 bridgehead atoms. The summed E-state index contributed by atoms with van der Waals surface area (Å²) >= 11 is 0. The predicted octanol–water partition coefficient (Wildman–Crippen LogP) is 8.56. The molecule has 4 fully saturated rings. The molecule has 1 aliphatic carbocycles. The van der Waals surface area contributed by atoms with Crippen molar-refractivity contribution in [1.82, 2.24) is 40.4 Å². The van der Waals surface area contributed by atoms with E-state index in [4.69, 9.17) is 24.2 Å². The number of methoxy groups -OCH3 is 2. The number of nitrogens with zero attached hydrogens (tertiary/aromatic N) is 4. The number of piperidine rings is 1. The van der Waals surface area contributed by atoms with Crippen LogP contribution in [-0.2, 0) is 23.8 Å². The Morgan fingerprint density at radius 2 is 1.21 bits per heavy atom. The van der Waals surface area contributed by atoms with Gasteiger partial charge in [-0.1, -0.05) is 69.3 Å². The van der Waals surface area contributed by atoms with Crippen molar-refractivity contribution in [2.24, 2.45) is 23.7 Å². The minimum absolute atomic E-state index is 0.0267. The lowest BCUT2D eigenvalue weighted by molar-refractivity contribution is -0.140. The summed E-state index contributed by atoms with van der Waals surface area (Å²) in [6, 6.07) is 19.4. The summed E-state index contributed by atoms with van der Waals surface area (Å²) < 4.78 is 15.8. The highest BCUT2D eigenvalue weighted by molar-refractivity contribution is 5.91. The van der Waals surface area contributed by atoms with Gasteiger partial charge in [0.05, 0.1) is 62.3 Å². The Balaban J connectivity index is 0.889. The molecule has 5 aromatic rings. The van der Waals surface area contributed by atoms with Crippen LogP contribution < -0.4 is 10.6 Å². The monoisotopic (exact) mass is 898 g/mol. The smallest absolute Gasteiger partial charge is 0.407 e. The van der Waals surface area contributed by atoms with Gasteiger partial charge < -0.3 is 44.6 Å². The first-order valence-electron chi connectivity index (χ1n) is 23.4. The molecule has 2 aromatic heterocycles. The second-order valence-corrected chi connectivity index (χ2v) is 19.5. The van der Waals surface area contributed by atoms with Crippen molar-refractivity contribution in [1.29, 1.82) is 0 Å². The highest BCUT2D eigenvalue weighted by atomic mass is 16.5. The minimum Gasteiger partial charge on any atom is -0.453 e. The molecule has 1 unspecified atom stereocenters. The second-order valence-electron chi connectivity index (χ2n) is 19.5. The van der Waals surface area contributed by atoms with Gasteiger partial charge in [-0.05, 0) is 116 Å². The zero-order chi connectivity index (χ0) is 46.6. The summed E-state index contributed by atoms with van der Waals surface area (Å²) in [7, 11) is 2.62. The largest absolute Gasteiger partial charge is 0.453 e. The summed E-state index contributed by atoms with van der Waals surface area (Å²) in [5.74, 6) is 1.73. The van der Waals surface area contributed by atoms with E-state index in [1.165, 1.54) is 14.2 Å². The third-order valence-electron chi connectivity index (χ3n) is 14.6. The van der Waals surface area contributed by atoms with Gasteiger partial charge in [0.15, 0.2) is 0 Å². The van der Waals surface area contributed by atoms with E-state index in [2.05, 4.69) is 95.1 Å². The van der Waals surface area contributed by atoms with Gasteiger partial charge in [-0.3, -0.25) is 9.59 Å². The first kappa shape index (κ1) is 45.0. The van der Waals surface area contributed by atoms with E-state index in [1.54, 1.807) is 0 Å². The van der Waals surface area contributed by atoms with Crippen LogP contribution in [0.5, 0.6) is 0 Å². The molecule has 4 aliphatic rings. The summed E-state index contributed by atoms with van der Waals surface area (Å²) in [4.78, 5) is 73.7. The Hall–Kier alpha value is -6.22. The van der Waals surface area contributed by atoms with Crippen molar-refractivity contribution in [2.45, 2.75) is 122 Å². The maximum absolute atomic E-state index is 14.6. The fourth-order valence-corrected chi connectivity index (χ4v) is 10.9. The number of fused-ring (bicyclic) bond motifs is 2. The molecular formula is C51H62N8O7. The Bertz CT molecular complexity index is 2600. The van der Waals surface area contributed by atoms with Gasteiger partial charge >= 0.3 is 12.2 Å². The summed E-state index contributed by atoms with van der Waals surface area (Å²) in [6.45, 7) is 12.1.